The van der Waals surface area contributed by atoms with E-state index in [0.29, 0.717) is 24.2 Å². The maximum atomic E-state index is 14.3. The van der Waals surface area contributed by atoms with Crippen molar-refractivity contribution >= 4 is 39.7 Å². The standard InChI is InChI=1S/C34H38N8OS/c1-40-17-12-28(22-40)37-26-6-8-27(9-7-26)38-34-36-20-25-19-29(30-5-3-4-16-41(30)2)33(43)42(32(25)39-34)21-24-13-18-44-31(24)23-10-14-35-15-11-23/h6-11,13-15,18-20,28,30,37H,3-5,12,16-17,21-22H2,1-2H3,(H,36,38,39). The maximum absolute atomic E-state index is 14.3. The summed E-state index contributed by atoms with van der Waals surface area (Å²) >= 11 is 1.68. The summed E-state index contributed by atoms with van der Waals surface area (Å²) < 4.78 is 1.85. The van der Waals surface area contributed by atoms with Gasteiger partial charge in [-0.2, -0.15) is 4.98 Å². The Labute approximate surface area is 261 Å². The smallest absolute Gasteiger partial charge is 0.257 e. The Morgan fingerprint density at radius 1 is 0.977 bits per heavy atom. The zero-order valence-corrected chi connectivity index (χ0v) is 26.1. The lowest BCUT2D eigenvalue weighted by Gasteiger charge is -2.32. The molecular weight excluding hydrogens is 568 g/mol. The molecule has 0 aliphatic carbocycles. The number of anilines is 3. The van der Waals surface area contributed by atoms with E-state index in [1.54, 1.807) is 23.7 Å². The molecule has 2 fully saturated rings. The van der Waals surface area contributed by atoms with Crippen molar-refractivity contribution in [1.82, 2.24) is 29.3 Å². The Kier molecular flexibility index (Phi) is 8.12. The average Bonchev–Trinajstić information content (AvgIpc) is 3.69. The van der Waals surface area contributed by atoms with Gasteiger partial charge in [-0.3, -0.25) is 19.2 Å². The first-order valence-corrected chi connectivity index (χ1v) is 16.3. The van der Waals surface area contributed by atoms with Crippen molar-refractivity contribution in [2.24, 2.45) is 0 Å². The minimum absolute atomic E-state index is 0.0146. The van der Waals surface area contributed by atoms with Crippen molar-refractivity contribution in [3.63, 3.8) is 0 Å². The predicted octanol–water partition coefficient (Wildman–Crippen LogP) is 5.98. The minimum Gasteiger partial charge on any atom is -0.381 e. The fraction of sp³-hybridized carbons (Fsp3) is 0.353. The van der Waals surface area contributed by atoms with Crippen molar-refractivity contribution < 1.29 is 0 Å². The molecule has 7 rings (SSSR count). The van der Waals surface area contributed by atoms with Crippen LogP contribution in [0.5, 0.6) is 0 Å². The van der Waals surface area contributed by atoms with Crippen LogP contribution < -0.4 is 16.2 Å². The SMILES string of the molecule is CN1CCC(Nc2ccc(Nc3ncc4cc(C5CCCCN5C)c(=O)n(Cc5ccsc5-c5ccncc5)c4n3)cc2)C1. The number of piperidine rings is 1. The van der Waals surface area contributed by atoms with E-state index in [-0.39, 0.29) is 11.6 Å². The Hall–Kier alpha value is -4.12. The van der Waals surface area contributed by atoms with Crippen molar-refractivity contribution in [2.45, 2.75) is 44.3 Å². The number of likely N-dealkylation sites (tertiary alicyclic amines) is 2. The van der Waals surface area contributed by atoms with Crippen LogP contribution >= 0.6 is 11.3 Å². The fourth-order valence-corrected chi connectivity index (χ4v) is 7.47. The van der Waals surface area contributed by atoms with Crippen LogP contribution in [0.25, 0.3) is 21.5 Å². The number of rotatable bonds is 8. The molecule has 4 aromatic heterocycles. The summed E-state index contributed by atoms with van der Waals surface area (Å²) in [4.78, 5) is 33.9. The van der Waals surface area contributed by atoms with Gasteiger partial charge in [-0.15, -0.1) is 11.3 Å². The largest absolute Gasteiger partial charge is 0.381 e. The van der Waals surface area contributed by atoms with Crippen molar-refractivity contribution in [1.29, 1.82) is 0 Å². The fourth-order valence-electron chi connectivity index (χ4n) is 6.55. The zero-order chi connectivity index (χ0) is 30.0. The summed E-state index contributed by atoms with van der Waals surface area (Å²) in [5.74, 6) is 0.464. The van der Waals surface area contributed by atoms with Crippen LogP contribution in [0.3, 0.4) is 0 Å². The number of hydrogen-bond acceptors (Lipinski definition) is 9. The molecule has 226 valence electrons. The van der Waals surface area contributed by atoms with E-state index in [4.69, 9.17) is 4.98 Å². The summed E-state index contributed by atoms with van der Waals surface area (Å²) in [6.07, 6.45) is 9.86. The highest BCUT2D eigenvalue weighted by Gasteiger charge is 2.26. The number of pyridine rings is 2. The maximum Gasteiger partial charge on any atom is 0.257 e. The molecule has 0 bridgehead atoms. The monoisotopic (exact) mass is 606 g/mol. The summed E-state index contributed by atoms with van der Waals surface area (Å²) in [7, 11) is 4.28. The number of likely N-dealkylation sites (N-methyl/N-ethyl adjacent to an activating group) is 1. The molecule has 44 heavy (non-hydrogen) atoms. The second-order valence-electron chi connectivity index (χ2n) is 12.1. The molecule has 2 N–H and O–H groups in total. The predicted molar refractivity (Wildman–Crippen MR) is 179 cm³/mol. The number of thiophene rings is 1. The second kappa shape index (κ2) is 12.5. The average molecular weight is 607 g/mol. The molecule has 1 aromatic carbocycles. The molecule has 9 nitrogen and oxygen atoms in total. The third kappa shape index (κ3) is 5.97. The van der Waals surface area contributed by atoms with E-state index < -0.39 is 0 Å². The summed E-state index contributed by atoms with van der Waals surface area (Å²) in [5.41, 5.74) is 5.65. The minimum atomic E-state index is 0.0146. The van der Waals surface area contributed by atoms with Gasteiger partial charge < -0.3 is 15.5 Å². The summed E-state index contributed by atoms with van der Waals surface area (Å²) in [6, 6.07) is 17.0. The second-order valence-corrected chi connectivity index (χ2v) is 13.0. The van der Waals surface area contributed by atoms with Crippen molar-refractivity contribution in [3.05, 3.63) is 94.0 Å². The molecule has 2 aliphatic rings. The number of aromatic nitrogens is 4. The van der Waals surface area contributed by atoms with E-state index in [0.717, 1.165) is 83.6 Å². The van der Waals surface area contributed by atoms with E-state index in [2.05, 4.69) is 68.1 Å². The third-order valence-electron chi connectivity index (χ3n) is 8.91. The number of benzene rings is 1. The molecule has 2 aliphatic heterocycles. The Bertz CT molecular complexity index is 1800. The van der Waals surface area contributed by atoms with Crippen LogP contribution in [0.4, 0.5) is 17.3 Å². The molecule has 6 heterocycles. The van der Waals surface area contributed by atoms with E-state index in [1.165, 1.54) is 0 Å². The van der Waals surface area contributed by atoms with Crippen molar-refractivity contribution in [3.8, 4) is 10.4 Å². The van der Waals surface area contributed by atoms with Crippen LogP contribution in [0.15, 0.2) is 77.3 Å². The van der Waals surface area contributed by atoms with Gasteiger partial charge in [0.25, 0.3) is 5.56 Å². The topological polar surface area (TPSA) is 91.2 Å². The van der Waals surface area contributed by atoms with Gasteiger partial charge in [-0.25, -0.2) is 4.98 Å². The Morgan fingerprint density at radius 3 is 2.57 bits per heavy atom. The highest BCUT2D eigenvalue weighted by atomic mass is 32.1. The first-order valence-electron chi connectivity index (χ1n) is 15.4. The Balaban J connectivity index is 1.23. The molecule has 0 radical (unpaired) electrons. The van der Waals surface area contributed by atoms with E-state index in [1.807, 2.05) is 41.1 Å². The number of nitrogens with one attached hydrogen (secondary N) is 2. The first kappa shape index (κ1) is 28.6. The highest BCUT2D eigenvalue weighted by molar-refractivity contribution is 7.13. The molecule has 0 spiro atoms. The van der Waals surface area contributed by atoms with Crippen LogP contribution in [0.2, 0.25) is 0 Å². The van der Waals surface area contributed by atoms with Gasteiger partial charge >= 0.3 is 0 Å². The molecule has 2 unspecified atom stereocenters. The highest BCUT2D eigenvalue weighted by Crippen LogP contribution is 2.32. The van der Waals surface area contributed by atoms with Crippen LogP contribution in [-0.4, -0.2) is 69.1 Å². The van der Waals surface area contributed by atoms with Gasteiger partial charge in [-0.05, 0) is 111 Å². The van der Waals surface area contributed by atoms with Gasteiger partial charge in [0.05, 0.1) is 6.54 Å². The third-order valence-corrected chi connectivity index (χ3v) is 9.91. The molecule has 0 saturated carbocycles. The lowest BCUT2D eigenvalue weighted by molar-refractivity contribution is 0.186. The van der Waals surface area contributed by atoms with Crippen LogP contribution in [-0.2, 0) is 6.54 Å². The Morgan fingerprint density at radius 2 is 1.80 bits per heavy atom. The van der Waals surface area contributed by atoms with E-state index >= 15 is 0 Å². The zero-order valence-electron chi connectivity index (χ0n) is 25.2. The van der Waals surface area contributed by atoms with Gasteiger partial charge in [0, 0.05) is 64.4 Å². The number of hydrogen-bond donors (Lipinski definition) is 2. The molecule has 0 amide bonds. The van der Waals surface area contributed by atoms with Gasteiger partial charge in [0.2, 0.25) is 5.95 Å². The molecule has 10 heteroatoms. The first-order chi connectivity index (χ1) is 21.5. The molecule has 2 saturated heterocycles. The summed E-state index contributed by atoms with van der Waals surface area (Å²) in [5, 5.41) is 9.95. The van der Waals surface area contributed by atoms with Gasteiger partial charge in [-0.1, -0.05) is 6.42 Å². The van der Waals surface area contributed by atoms with E-state index in [9.17, 15) is 4.79 Å². The van der Waals surface area contributed by atoms with Crippen LogP contribution in [0, 0.1) is 0 Å². The molecule has 5 aromatic rings. The van der Waals surface area contributed by atoms with Crippen LogP contribution in [0.1, 0.15) is 42.9 Å². The molecular formula is C34H38N8OS. The quantitative estimate of drug-likeness (QED) is 0.223. The number of fused-ring (bicyclic) bond motifs is 1. The number of nitrogens with zero attached hydrogens (tertiary/aromatic N) is 6. The molecule has 2 atom stereocenters. The summed E-state index contributed by atoms with van der Waals surface area (Å²) in [6.45, 7) is 3.59. The van der Waals surface area contributed by atoms with Gasteiger partial charge in [0.15, 0.2) is 0 Å². The lowest BCUT2D eigenvalue weighted by atomic mass is 9.96. The normalized spacial score (nSPS) is 19.4. The van der Waals surface area contributed by atoms with Crippen molar-refractivity contribution in [2.75, 3.05) is 44.4 Å². The lowest BCUT2D eigenvalue weighted by Crippen LogP contribution is -2.35. The van der Waals surface area contributed by atoms with Gasteiger partial charge in [0.1, 0.15) is 5.65 Å².